The fraction of sp³-hybridized carbons (Fsp3) is 0.364. The molecule has 26 heavy (non-hydrogen) atoms. The maximum absolute atomic E-state index is 13.4. The van der Waals surface area contributed by atoms with E-state index in [1.54, 1.807) is 0 Å². The Morgan fingerprint density at radius 2 is 1.58 bits per heavy atom. The van der Waals surface area contributed by atoms with E-state index in [2.05, 4.69) is 26.0 Å². The van der Waals surface area contributed by atoms with Gasteiger partial charge in [-0.15, -0.1) is 0 Å². The van der Waals surface area contributed by atoms with E-state index in [1.807, 2.05) is 53.4 Å². The zero-order valence-electron chi connectivity index (χ0n) is 15.6. The first-order valence-corrected chi connectivity index (χ1v) is 10.2. The second kappa shape index (κ2) is 10.9. The van der Waals surface area contributed by atoms with Crippen LogP contribution in [-0.4, -0.2) is 22.6 Å². The third-order valence-corrected chi connectivity index (χ3v) is 5.11. The van der Waals surface area contributed by atoms with Gasteiger partial charge in [0.15, 0.2) is 0 Å². The van der Waals surface area contributed by atoms with Gasteiger partial charge in [-0.1, -0.05) is 0 Å². The van der Waals surface area contributed by atoms with E-state index < -0.39 is 0 Å². The van der Waals surface area contributed by atoms with Gasteiger partial charge in [0.05, 0.1) is 0 Å². The summed E-state index contributed by atoms with van der Waals surface area (Å²) in [4.78, 5) is 15.3. The molecule has 0 aliphatic carbocycles. The first kappa shape index (κ1) is 20.3. The fourth-order valence-electron chi connectivity index (χ4n) is 3.13. The molecular formula is C22H27NO2P+. The second-order valence-electron chi connectivity index (χ2n) is 6.37. The number of nitrogens with zero attached hydrogens (tertiary/aromatic N) is 1. The van der Waals surface area contributed by atoms with Crippen molar-refractivity contribution in [3.8, 4) is 0 Å². The van der Waals surface area contributed by atoms with Gasteiger partial charge in [0.1, 0.15) is 0 Å². The summed E-state index contributed by atoms with van der Waals surface area (Å²) < 4.78 is 11.9. The van der Waals surface area contributed by atoms with Crippen LogP contribution in [0.25, 0.3) is 0 Å². The monoisotopic (exact) mass is 368 g/mol. The molecule has 3 nitrogen and oxygen atoms in total. The molecule has 0 bridgehead atoms. The van der Waals surface area contributed by atoms with Gasteiger partial charge in [-0.2, -0.15) is 0 Å². The Bertz CT molecular complexity index is 739. The Hall–Kier alpha value is -1.99. The van der Waals surface area contributed by atoms with E-state index in [4.69, 9.17) is 0 Å². The third kappa shape index (κ3) is 5.25. The summed E-state index contributed by atoms with van der Waals surface area (Å²) in [6.07, 6.45) is 3.80. The fourth-order valence-corrected chi connectivity index (χ4v) is 3.59. The molecule has 1 atom stereocenters. The standard InChI is InChI=1S/C22H27NO2P/c1-3-5-17-23(20(12-4-2)18-13-8-6-9-14-18)22(24)21(26-25)19-15-10-7-11-16-19/h6-11,13-16,20H,3-5,12,17H2,1-2H3/q+1. The van der Waals surface area contributed by atoms with Gasteiger partial charge < -0.3 is 0 Å². The molecule has 4 heteroatoms. The second-order valence-corrected chi connectivity index (χ2v) is 7.00. The molecule has 0 heterocycles. The number of rotatable bonds is 9. The van der Waals surface area contributed by atoms with E-state index in [0.29, 0.717) is 11.8 Å². The molecule has 2 aromatic rings. The summed E-state index contributed by atoms with van der Waals surface area (Å²) in [5, 5.41) is 0.332. The SMILES string of the molecule is CCCCN(C(=O)C(=[P+]=O)c1ccccc1)C(CCC)c1ccccc1. The molecule has 0 aromatic heterocycles. The van der Waals surface area contributed by atoms with Crippen LogP contribution in [0.3, 0.4) is 0 Å². The summed E-state index contributed by atoms with van der Waals surface area (Å²) >= 11 is 0. The Labute approximate surface area is 157 Å². The summed E-state index contributed by atoms with van der Waals surface area (Å²) in [6, 6.07) is 19.5. The Balaban J connectivity index is 2.40. The van der Waals surface area contributed by atoms with E-state index in [9.17, 15) is 9.36 Å². The van der Waals surface area contributed by atoms with E-state index >= 15 is 0 Å². The molecule has 0 aliphatic heterocycles. The molecule has 0 fully saturated rings. The molecule has 0 N–H and O–H groups in total. The minimum atomic E-state index is -0.234. The van der Waals surface area contributed by atoms with Crippen molar-refractivity contribution in [1.29, 1.82) is 0 Å². The Kier molecular flexibility index (Phi) is 8.50. The normalized spacial score (nSPS) is 11.6. The topological polar surface area (TPSA) is 37.4 Å². The van der Waals surface area contributed by atoms with Crippen molar-refractivity contribution in [1.82, 2.24) is 4.90 Å². The summed E-state index contributed by atoms with van der Waals surface area (Å²) in [6.45, 7) is 4.92. The molecule has 2 rings (SSSR count). The average Bonchev–Trinajstić information content (AvgIpc) is 2.69. The zero-order valence-corrected chi connectivity index (χ0v) is 16.5. The van der Waals surface area contributed by atoms with Crippen molar-refractivity contribution < 1.29 is 9.36 Å². The van der Waals surface area contributed by atoms with Gasteiger partial charge in [-0.3, -0.25) is 0 Å². The number of hydrogen-bond acceptors (Lipinski definition) is 2. The van der Waals surface area contributed by atoms with Crippen molar-refractivity contribution in [2.24, 2.45) is 0 Å². The molecule has 2 aromatic carbocycles. The average molecular weight is 368 g/mol. The van der Waals surface area contributed by atoms with Gasteiger partial charge in [0.25, 0.3) is 0 Å². The quantitative estimate of drug-likeness (QED) is 0.535. The van der Waals surface area contributed by atoms with Crippen LogP contribution < -0.4 is 0 Å². The van der Waals surface area contributed by atoms with Gasteiger partial charge in [0, 0.05) is 0 Å². The first-order valence-electron chi connectivity index (χ1n) is 9.34. The van der Waals surface area contributed by atoms with Crippen LogP contribution in [-0.2, 0) is 9.36 Å². The van der Waals surface area contributed by atoms with Crippen molar-refractivity contribution in [2.45, 2.75) is 45.6 Å². The predicted molar refractivity (Wildman–Crippen MR) is 109 cm³/mol. The number of hydrogen-bond donors (Lipinski definition) is 0. The minimum absolute atomic E-state index is 0.000659. The van der Waals surface area contributed by atoms with Crippen molar-refractivity contribution in [2.75, 3.05) is 6.54 Å². The van der Waals surface area contributed by atoms with Crippen LogP contribution in [0, 0.1) is 0 Å². The maximum atomic E-state index is 13.4. The predicted octanol–water partition coefficient (Wildman–Crippen LogP) is 5.67. The Morgan fingerprint density at radius 3 is 2.12 bits per heavy atom. The molecule has 0 saturated heterocycles. The number of benzene rings is 2. The van der Waals surface area contributed by atoms with Crippen molar-refractivity contribution in [3.63, 3.8) is 0 Å². The van der Waals surface area contributed by atoms with Gasteiger partial charge in [-0.25, -0.2) is 0 Å². The van der Waals surface area contributed by atoms with E-state index in [0.717, 1.165) is 36.8 Å². The Morgan fingerprint density at radius 1 is 0.962 bits per heavy atom. The number of amides is 1. The molecule has 0 spiro atoms. The summed E-state index contributed by atoms with van der Waals surface area (Å²) in [5.74, 6) is -0.136. The van der Waals surface area contributed by atoms with Crippen LogP contribution in [0.4, 0.5) is 0 Å². The molecule has 1 amide bonds. The summed E-state index contributed by atoms with van der Waals surface area (Å²) in [7, 11) is -0.234. The molecule has 0 radical (unpaired) electrons. The van der Waals surface area contributed by atoms with Crippen molar-refractivity contribution in [3.05, 3.63) is 71.8 Å². The third-order valence-electron chi connectivity index (χ3n) is 4.48. The van der Waals surface area contributed by atoms with E-state index in [-0.39, 0.29) is 20.0 Å². The first-order chi connectivity index (χ1) is 12.7. The molecule has 1 unspecified atom stereocenters. The van der Waals surface area contributed by atoms with Gasteiger partial charge in [-0.05, 0) is 0 Å². The van der Waals surface area contributed by atoms with Gasteiger partial charge >= 0.3 is 157 Å². The summed E-state index contributed by atoms with van der Waals surface area (Å²) in [5.41, 5.74) is 1.85. The molecular weight excluding hydrogens is 341 g/mol. The van der Waals surface area contributed by atoms with Crippen LogP contribution >= 0.6 is 8.08 Å². The van der Waals surface area contributed by atoms with Crippen LogP contribution in [0.15, 0.2) is 60.7 Å². The number of carbonyl (C=O) groups excluding carboxylic acids is 1. The molecule has 0 aliphatic rings. The number of carbonyl (C=O) groups is 1. The van der Waals surface area contributed by atoms with Crippen LogP contribution in [0.5, 0.6) is 0 Å². The van der Waals surface area contributed by atoms with E-state index in [1.165, 1.54) is 0 Å². The van der Waals surface area contributed by atoms with Crippen LogP contribution in [0.1, 0.15) is 56.7 Å². The molecule has 136 valence electrons. The van der Waals surface area contributed by atoms with Crippen molar-refractivity contribution >= 4 is 19.3 Å². The molecule has 0 saturated carbocycles. The van der Waals surface area contributed by atoms with Crippen LogP contribution in [0.2, 0.25) is 0 Å². The number of unbranched alkanes of at least 4 members (excludes halogenated alkanes) is 1. The zero-order chi connectivity index (χ0) is 18.8. The van der Waals surface area contributed by atoms with Gasteiger partial charge in [0.2, 0.25) is 0 Å².